The number of benzene rings is 2. The van der Waals surface area contributed by atoms with Crippen molar-refractivity contribution in [1.82, 2.24) is 4.98 Å². The van der Waals surface area contributed by atoms with Gasteiger partial charge in [-0.05, 0) is 74.2 Å². The fraction of sp³-hybridized carbons (Fsp3) is 0.318. The van der Waals surface area contributed by atoms with Crippen molar-refractivity contribution in [2.45, 2.75) is 32.6 Å². The Bertz CT molecular complexity index is 899. The van der Waals surface area contributed by atoms with Gasteiger partial charge < -0.3 is 10.2 Å². The van der Waals surface area contributed by atoms with Gasteiger partial charge in [-0.1, -0.05) is 22.9 Å². The number of anilines is 3. The monoisotopic (exact) mass is 409 g/mol. The van der Waals surface area contributed by atoms with Crippen molar-refractivity contribution in [3.8, 4) is 0 Å². The van der Waals surface area contributed by atoms with E-state index in [9.17, 15) is 0 Å². The van der Waals surface area contributed by atoms with Gasteiger partial charge in [0.15, 0.2) is 0 Å². The van der Waals surface area contributed by atoms with E-state index in [2.05, 4.69) is 75.5 Å². The van der Waals surface area contributed by atoms with Crippen LogP contribution in [-0.2, 0) is 6.42 Å². The molecular formula is C22H24BrN3. The third-order valence-corrected chi connectivity index (χ3v) is 5.55. The van der Waals surface area contributed by atoms with Crippen LogP contribution in [0.25, 0.3) is 10.9 Å². The molecule has 0 unspecified atom stereocenters. The molecule has 1 N–H and O–H groups in total. The van der Waals surface area contributed by atoms with Crippen molar-refractivity contribution in [3.05, 3.63) is 58.7 Å². The lowest BCUT2D eigenvalue weighted by Crippen LogP contribution is -2.29. The standard InChI is InChI=1S/C22H24BrN3/c1-2-17-15-22(20-14-16(23)6-11-21(20)24-17)25-18-7-9-19(10-8-18)26-12-4-3-5-13-26/h6-11,14-15H,2-5,12-13H2,1H3,(H,24,25). The molecule has 0 saturated carbocycles. The molecule has 1 aliphatic heterocycles. The number of hydrogen-bond donors (Lipinski definition) is 1. The Morgan fingerprint density at radius 3 is 2.50 bits per heavy atom. The van der Waals surface area contributed by atoms with E-state index in [1.165, 1.54) is 38.0 Å². The highest BCUT2D eigenvalue weighted by atomic mass is 79.9. The van der Waals surface area contributed by atoms with Crippen LogP contribution in [0.5, 0.6) is 0 Å². The summed E-state index contributed by atoms with van der Waals surface area (Å²) in [5.41, 5.74) is 5.68. The molecule has 1 fully saturated rings. The van der Waals surface area contributed by atoms with Crippen molar-refractivity contribution in [2.75, 3.05) is 23.3 Å². The number of aryl methyl sites for hydroxylation is 1. The molecule has 4 heteroatoms. The Balaban J connectivity index is 1.63. The summed E-state index contributed by atoms with van der Waals surface area (Å²) >= 11 is 3.58. The van der Waals surface area contributed by atoms with Gasteiger partial charge in [0.25, 0.3) is 0 Å². The van der Waals surface area contributed by atoms with E-state index in [0.717, 1.165) is 38.9 Å². The Labute approximate surface area is 163 Å². The van der Waals surface area contributed by atoms with E-state index in [1.807, 2.05) is 6.07 Å². The summed E-state index contributed by atoms with van der Waals surface area (Å²) < 4.78 is 1.07. The van der Waals surface area contributed by atoms with Gasteiger partial charge in [-0.3, -0.25) is 4.98 Å². The molecule has 1 aliphatic rings. The first-order valence-corrected chi connectivity index (χ1v) is 10.2. The lowest BCUT2D eigenvalue weighted by atomic mass is 10.1. The smallest absolute Gasteiger partial charge is 0.0726 e. The minimum atomic E-state index is 0.925. The van der Waals surface area contributed by atoms with Crippen LogP contribution < -0.4 is 10.2 Å². The van der Waals surface area contributed by atoms with Crippen LogP contribution in [0.3, 0.4) is 0 Å². The van der Waals surface area contributed by atoms with Crippen LogP contribution in [0.2, 0.25) is 0 Å². The molecule has 0 bridgehead atoms. The van der Waals surface area contributed by atoms with Crippen LogP contribution in [0.4, 0.5) is 17.1 Å². The van der Waals surface area contributed by atoms with Crippen molar-refractivity contribution in [1.29, 1.82) is 0 Å². The number of hydrogen-bond acceptors (Lipinski definition) is 3. The number of aromatic nitrogens is 1. The molecule has 3 aromatic rings. The first-order chi connectivity index (χ1) is 12.7. The normalized spacial score (nSPS) is 14.6. The molecule has 0 spiro atoms. The number of piperidine rings is 1. The minimum absolute atomic E-state index is 0.925. The summed E-state index contributed by atoms with van der Waals surface area (Å²) in [5.74, 6) is 0. The molecule has 2 aromatic carbocycles. The van der Waals surface area contributed by atoms with Crippen molar-refractivity contribution in [2.24, 2.45) is 0 Å². The molecule has 3 nitrogen and oxygen atoms in total. The Kier molecular flexibility index (Phi) is 5.11. The molecule has 1 aromatic heterocycles. The van der Waals surface area contributed by atoms with E-state index in [0.29, 0.717) is 0 Å². The Morgan fingerprint density at radius 2 is 1.77 bits per heavy atom. The largest absolute Gasteiger partial charge is 0.372 e. The van der Waals surface area contributed by atoms with Crippen molar-refractivity contribution in [3.63, 3.8) is 0 Å². The van der Waals surface area contributed by atoms with Crippen LogP contribution >= 0.6 is 15.9 Å². The zero-order chi connectivity index (χ0) is 17.9. The van der Waals surface area contributed by atoms with Crippen LogP contribution in [0.15, 0.2) is 53.0 Å². The predicted octanol–water partition coefficient (Wildman–Crippen LogP) is 6.29. The molecule has 4 rings (SSSR count). The molecule has 0 amide bonds. The molecule has 0 radical (unpaired) electrons. The van der Waals surface area contributed by atoms with E-state index < -0.39 is 0 Å². The maximum Gasteiger partial charge on any atom is 0.0726 e. The van der Waals surface area contributed by atoms with E-state index in [-0.39, 0.29) is 0 Å². The number of nitrogens with one attached hydrogen (secondary N) is 1. The fourth-order valence-corrected chi connectivity index (χ4v) is 3.96. The molecule has 0 atom stereocenters. The Hall–Kier alpha value is -2.07. The summed E-state index contributed by atoms with van der Waals surface area (Å²) in [6.45, 7) is 4.50. The summed E-state index contributed by atoms with van der Waals surface area (Å²) in [6, 6.07) is 17.2. The van der Waals surface area contributed by atoms with Gasteiger partial charge in [0.1, 0.15) is 0 Å². The fourth-order valence-electron chi connectivity index (χ4n) is 3.60. The van der Waals surface area contributed by atoms with Crippen LogP contribution in [0, 0.1) is 0 Å². The van der Waals surface area contributed by atoms with Crippen molar-refractivity contribution < 1.29 is 0 Å². The second-order valence-corrected chi connectivity index (χ2v) is 7.81. The van der Waals surface area contributed by atoms with Crippen molar-refractivity contribution >= 4 is 43.9 Å². The summed E-state index contributed by atoms with van der Waals surface area (Å²) in [7, 11) is 0. The van der Waals surface area contributed by atoms with Gasteiger partial charge in [0.2, 0.25) is 0 Å². The van der Waals surface area contributed by atoms with E-state index >= 15 is 0 Å². The number of fused-ring (bicyclic) bond motifs is 1. The van der Waals surface area contributed by atoms with E-state index in [1.54, 1.807) is 0 Å². The highest BCUT2D eigenvalue weighted by Crippen LogP contribution is 2.30. The van der Waals surface area contributed by atoms with Crippen LogP contribution in [0.1, 0.15) is 31.9 Å². The van der Waals surface area contributed by atoms with E-state index in [4.69, 9.17) is 4.98 Å². The summed E-state index contributed by atoms with van der Waals surface area (Å²) in [4.78, 5) is 7.23. The number of pyridine rings is 1. The zero-order valence-corrected chi connectivity index (χ0v) is 16.7. The number of rotatable bonds is 4. The number of nitrogens with zero attached hydrogens (tertiary/aromatic N) is 2. The summed E-state index contributed by atoms with van der Waals surface area (Å²) in [6.07, 6.45) is 4.89. The molecule has 1 saturated heterocycles. The third-order valence-electron chi connectivity index (χ3n) is 5.05. The van der Waals surface area contributed by atoms with Gasteiger partial charge in [-0.2, -0.15) is 0 Å². The SMILES string of the molecule is CCc1cc(Nc2ccc(N3CCCCC3)cc2)c2cc(Br)ccc2n1. The van der Waals surface area contributed by atoms with Gasteiger partial charge in [0, 0.05) is 45.7 Å². The average Bonchev–Trinajstić information content (AvgIpc) is 2.69. The van der Waals surface area contributed by atoms with Gasteiger partial charge >= 0.3 is 0 Å². The van der Waals surface area contributed by atoms with Crippen LogP contribution in [-0.4, -0.2) is 18.1 Å². The van der Waals surface area contributed by atoms with Gasteiger partial charge in [-0.25, -0.2) is 0 Å². The molecule has 26 heavy (non-hydrogen) atoms. The minimum Gasteiger partial charge on any atom is -0.372 e. The molecule has 0 aliphatic carbocycles. The number of halogens is 1. The molecular weight excluding hydrogens is 386 g/mol. The third kappa shape index (κ3) is 3.70. The second kappa shape index (κ2) is 7.67. The quantitative estimate of drug-likeness (QED) is 0.548. The topological polar surface area (TPSA) is 28.2 Å². The first kappa shape index (κ1) is 17.3. The van der Waals surface area contributed by atoms with Gasteiger partial charge in [-0.15, -0.1) is 0 Å². The van der Waals surface area contributed by atoms with Gasteiger partial charge in [0.05, 0.1) is 5.52 Å². The average molecular weight is 410 g/mol. The zero-order valence-electron chi connectivity index (χ0n) is 15.1. The molecule has 134 valence electrons. The highest BCUT2D eigenvalue weighted by molar-refractivity contribution is 9.10. The Morgan fingerprint density at radius 1 is 1.00 bits per heavy atom. The summed E-state index contributed by atoms with van der Waals surface area (Å²) in [5, 5.41) is 4.74. The lowest BCUT2D eigenvalue weighted by molar-refractivity contribution is 0.578. The maximum atomic E-state index is 4.74. The maximum absolute atomic E-state index is 4.74. The highest BCUT2D eigenvalue weighted by Gasteiger charge is 2.11. The molecule has 2 heterocycles. The second-order valence-electron chi connectivity index (χ2n) is 6.90. The predicted molar refractivity (Wildman–Crippen MR) is 115 cm³/mol. The lowest BCUT2D eigenvalue weighted by Gasteiger charge is -2.28. The first-order valence-electron chi connectivity index (χ1n) is 9.44.